The van der Waals surface area contributed by atoms with E-state index in [1.807, 2.05) is 6.92 Å². The highest BCUT2D eigenvalue weighted by Gasteiger charge is 2.29. The fourth-order valence-corrected chi connectivity index (χ4v) is 3.03. The third-order valence-electron chi connectivity index (χ3n) is 4.18. The second-order valence-electron chi connectivity index (χ2n) is 5.90. The van der Waals surface area contributed by atoms with Crippen LogP contribution in [-0.2, 0) is 16.1 Å². The number of hydrogen-bond acceptors (Lipinski definition) is 2. The topological polar surface area (TPSA) is 30.7 Å². The molecule has 1 unspecified atom stereocenters. The number of quaternary nitrogens is 1. The molecule has 0 radical (unpaired) electrons. The molecule has 1 aromatic carbocycles. The van der Waals surface area contributed by atoms with Crippen molar-refractivity contribution in [1.82, 2.24) is 0 Å². The van der Waals surface area contributed by atoms with Crippen LogP contribution >= 0.6 is 0 Å². The van der Waals surface area contributed by atoms with Gasteiger partial charge in [-0.25, -0.2) is 0 Å². The van der Waals surface area contributed by atoms with Gasteiger partial charge in [-0.05, 0) is 39.2 Å². The molecule has 20 heavy (non-hydrogen) atoms. The molecule has 1 N–H and O–H groups in total. The fraction of sp³-hybridized carbons (Fsp3) is 0.588. The van der Waals surface area contributed by atoms with Gasteiger partial charge in [0.05, 0.1) is 19.7 Å². The zero-order valence-electron chi connectivity index (χ0n) is 12.9. The molecule has 3 nitrogen and oxygen atoms in total. The number of nitrogens with one attached hydrogen (secondary N) is 1. The molecule has 0 bridgehead atoms. The second kappa shape index (κ2) is 6.89. The van der Waals surface area contributed by atoms with Gasteiger partial charge < -0.3 is 9.64 Å². The van der Waals surface area contributed by atoms with E-state index in [1.54, 1.807) is 0 Å². The minimum Gasteiger partial charge on any atom is -0.466 e. The van der Waals surface area contributed by atoms with Gasteiger partial charge in [-0.3, -0.25) is 4.79 Å². The number of ether oxygens (including phenoxy) is 1. The molecule has 1 aromatic rings. The van der Waals surface area contributed by atoms with Crippen LogP contribution in [0.2, 0.25) is 0 Å². The minimum atomic E-state index is -0.00864. The molecule has 1 fully saturated rings. The minimum absolute atomic E-state index is 0.00864. The monoisotopic (exact) mass is 276 g/mol. The van der Waals surface area contributed by atoms with Crippen molar-refractivity contribution in [3.63, 3.8) is 0 Å². The van der Waals surface area contributed by atoms with Crippen LogP contribution in [0.4, 0.5) is 0 Å². The van der Waals surface area contributed by atoms with Crippen LogP contribution in [0.15, 0.2) is 18.2 Å². The van der Waals surface area contributed by atoms with Gasteiger partial charge in [0.25, 0.3) is 0 Å². The Morgan fingerprint density at radius 3 is 2.95 bits per heavy atom. The predicted octanol–water partition coefficient (Wildman–Crippen LogP) is 1.66. The number of rotatable bonds is 4. The second-order valence-corrected chi connectivity index (χ2v) is 5.90. The van der Waals surface area contributed by atoms with Crippen molar-refractivity contribution < 1.29 is 14.4 Å². The summed E-state index contributed by atoms with van der Waals surface area (Å²) in [5, 5.41) is 0. The fourth-order valence-electron chi connectivity index (χ4n) is 3.03. The number of carbonyl (C=O) groups is 1. The van der Waals surface area contributed by atoms with Crippen LogP contribution in [-0.4, -0.2) is 25.7 Å². The number of likely N-dealkylation sites (tertiary alicyclic amines) is 1. The van der Waals surface area contributed by atoms with Gasteiger partial charge in [-0.1, -0.05) is 23.8 Å². The summed E-state index contributed by atoms with van der Waals surface area (Å²) in [6.45, 7) is 9.75. The van der Waals surface area contributed by atoms with Crippen molar-refractivity contribution in [2.24, 2.45) is 5.92 Å². The first kappa shape index (κ1) is 15.0. The van der Waals surface area contributed by atoms with E-state index >= 15 is 0 Å². The Morgan fingerprint density at radius 1 is 1.40 bits per heavy atom. The number of aryl methyl sites for hydroxylation is 2. The summed E-state index contributed by atoms with van der Waals surface area (Å²) in [5.74, 6) is 0.0782. The van der Waals surface area contributed by atoms with Gasteiger partial charge in [0.1, 0.15) is 12.5 Å². The maximum absolute atomic E-state index is 11.9. The summed E-state index contributed by atoms with van der Waals surface area (Å²) in [6.07, 6.45) is 2.10. The van der Waals surface area contributed by atoms with E-state index < -0.39 is 0 Å². The smallest absolute Gasteiger partial charge is 0.314 e. The average molecular weight is 276 g/mol. The Kier molecular flexibility index (Phi) is 5.18. The number of benzene rings is 1. The molecule has 1 saturated heterocycles. The molecule has 0 spiro atoms. The molecule has 1 heterocycles. The molecule has 2 rings (SSSR count). The Bertz CT molecular complexity index is 470. The lowest BCUT2D eigenvalue weighted by Gasteiger charge is -2.29. The Morgan fingerprint density at radius 2 is 2.20 bits per heavy atom. The maximum Gasteiger partial charge on any atom is 0.314 e. The summed E-state index contributed by atoms with van der Waals surface area (Å²) in [5.41, 5.74) is 4.06. The Labute approximate surface area is 121 Å². The summed E-state index contributed by atoms with van der Waals surface area (Å²) in [4.78, 5) is 13.4. The maximum atomic E-state index is 11.9. The highest BCUT2D eigenvalue weighted by Crippen LogP contribution is 2.12. The summed E-state index contributed by atoms with van der Waals surface area (Å²) >= 11 is 0. The summed E-state index contributed by atoms with van der Waals surface area (Å²) < 4.78 is 5.17. The molecule has 1 aliphatic heterocycles. The van der Waals surface area contributed by atoms with E-state index in [9.17, 15) is 4.79 Å². The van der Waals surface area contributed by atoms with E-state index in [2.05, 4.69) is 32.0 Å². The van der Waals surface area contributed by atoms with Gasteiger partial charge in [0.15, 0.2) is 0 Å². The SMILES string of the molecule is CCOC(=O)[C@@H]1CCC[NH+](Cc2cc(C)ccc2C)C1. The third kappa shape index (κ3) is 3.83. The number of esters is 1. The van der Waals surface area contributed by atoms with Gasteiger partial charge in [-0.15, -0.1) is 0 Å². The van der Waals surface area contributed by atoms with Crippen LogP contribution in [0, 0.1) is 19.8 Å². The van der Waals surface area contributed by atoms with E-state index in [-0.39, 0.29) is 11.9 Å². The van der Waals surface area contributed by atoms with E-state index in [4.69, 9.17) is 4.74 Å². The molecule has 110 valence electrons. The Hall–Kier alpha value is -1.35. The lowest BCUT2D eigenvalue weighted by atomic mass is 9.97. The quantitative estimate of drug-likeness (QED) is 0.848. The van der Waals surface area contributed by atoms with Gasteiger partial charge in [0.2, 0.25) is 0 Å². The van der Waals surface area contributed by atoms with E-state index in [0.717, 1.165) is 32.5 Å². The van der Waals surface area contributed by atoms with Crippen LogP contribution < -0.4 is 4.90 Å². The van der Waals surface area contributed by atoms with Crippen LogP contribution in [0.25, 0.3) is 0 Å². The lowest BCUT2D eigenvalue weighted by Crippen LogP contribution is -3.12. The first-order chi connectivity index (χ1) is 9.60. The van der Waals surface area contributed by atoms with E-state index in [1.165, 1.54) is 21.6 Å². The standard InChI is InChI=1S/C17H25NO2/c1-4-20-17(19)15-6-5-9-18(11-15)12-16-10-13(2)7-8-14(16)3/h7-8,10,15H,4-6,9,11-12H2,1-3H3/p+1/t15-/m1/s1. The summed E-state index contributed by atoms with van der Waals surface area (Å²) in [7, 11) is 0. The van der Waals surface area contributed by atoms with Crippen LogP contribution in [0.5, 0.6) is 0 Å². The van der Waals surface area contributed by atoms with Gasteiger partial charge in [0, 0.05) is 5.56 Å². The largest absolute Gasteiger partial charge is 0.466 e. The van der Waals surface area contributed by atoms with Gasteiger partial charge >= 0.3 is 5.97 Å². The molecule has 0 amide bonds. The number of hydrogen-bond donors (Lipinski definition) is 1. The lowest BCUT2D eigenvalue weighted by molar-refractivity contribution is -0.921. The van der Waals surface area contributed by atoms with Crippen LogP contribution in [0.3, 0.4) is 0 Å². The van der Waals surface area contributed by atoms with Crippen LogP contribution in [0.1, 0.15) is 36.5 Å². The Balaban J connectivity index is 1.99. The van der Waals surface area contributed by atoms with Crippen molar-refractivity contribution in [3.05, 3.63) is 34.9 Å². The van der Waals surface area contributed by atoms with Crippen molar-refractivity contribution in [3.8, 4) is 0 Å². The number of carbonyl (C=O) groups excluding carboxylic acids is 1. The highest BCUT2D eigenvalue weighted by atomic mass is 16.5. The molecular weight excluding hydrogens is 250 g/mol. The van der Waals surface area contributed by atoms with Gasteiger partial charge in [-0.2, -0.15) is 0 Å². The molecule has 3 heteroatoms. The molecule has 1 aliphatic rings. The van der Waals surface area contributed by atoms with Crippen molar-refractivity contribution >= 4 is 5.97 Å². The average Bonchev–Trinajstić information content (AvgIpc) is 2.43. The summed E-state index contributed by atoms with van der Waals surface area (Å²) in [6, 6.07) is 6.62. The van der Waals surface area contributed by atoms with Crippen molar-refractivity contribution in [2.45, 2.75) is 40.2 Å². The molecule has 0 aromatic heterocycles. The molecule has 0 aliphatic carbocycles. The zero-order valence-corrected chi connectivity index (χ0v) is 12.9. The van der Waals surface area contributed by atoms with E-state index in [0.29, 0.717) is 6.61 Å². The molecule has 2 atom stereocenters. The molecular formula is C17H26NO2+. The first-order valence-electron chi connectivity index (χ1n) is 7.66. The molecule has 0 saturated carbocycles. The highest BCUT2D eigenvalue weighted by molar-refractivity contribution is 5.72. The predicted molar refractivity (Wildman–Crippen MR) is 79.7 cm³/mol. The number of piperidine rings is 1. The normalized spacial score (nSPS) is 22.6. The third-order valence-corrected chi connectivity index (χ3v) is 4.18. The van der Waals surface area contributed by atoms with Crippen molar-refractivity contribution in [1.29, 1.82) is 0 Å². The van der Waals surface area contributed by atoms with Crippen molar-refractivity contribution in [2.75, 3.05) is 19.7 Å². The zero-order chi connectivity index (χ0) is 14.5. The first-order valence-corrected chi connectivity index (χ1v) is 7.66.